The van der Waals surface area contributed by atoms with Crippen molar-refractivity contribution in [2.75, 3.05) is 13.1 Å². The van der Waals surface area contributed by atoms with E-state index in [4.69, 9.17) is 4.74 Å². The van der Waals surface area contributed by atoms with Crippen LogP contribution in [0.25, 0.3) is 10.9 Å². The summed E-state index contributed by atoms with van der Waals surface area (Å²) in [5.41, 5.74) is 0.935. The second kappa shape index (κ2) is 6.34. The van der Waals surface area contributed by atoms with Crippen LogP contribution in [0.4, 0.5) is 0 Å². The summed E-state index contributed by atoms with van der Waals surface area (Å²) < 4.78 is 5.88. The third kappa shape index (κ3) is 2.91. The molecule has 1 saturated heterocycles. The molecule has 2 aromatic rings. The Morgan fingerprint density at radius 3 is 2.68 bits per heavy atom. The molecule has 1 aliphatic heterocycles. The molecule has 0 spiro atoms. The highest BCUT2D eigenvalue weighted by Crippen LogP contribution is 2.22. The maximum atomic E-state index is 12.2. The number of hydrogen-bond donors (Lipinski definition) is 0. The summed E-state index contributed by atoms with van der Waals surface area (Å²) in [7, 11) is 0. The van der Waals surface area contributed by atoms with Crippen molar-refractivity contribution in [1.29, 1.82) is 0 Å². The van der Waals surface area contributed by atoms with Crippen LogP contribution in [0.1, 0.15) is 26.7 Å². The molecule has 1 amide bonds. The summed E-state index contributed by atoms with van der Waals surface area (Å²) in [5.74, 6) is 1.05. The smallest absolute Gasteiger partial charge is 0.225 e. The number of ether oxygens (including phenoxy) is 1. The van der Waals surface area contributed by atoms with Gasteiger partial charge in [0.05, 0.1) is 18.6 Å². The fraction of sp³-hybridized carbons (Fsp3) is 0.444. The van der Waals surface area contributed by atoms with Gasteiger partial charge >= 0.3 is 0 Å². The molecule has 1 aliphatic rings. The molecular weight excluding hydrogens is 276 g/mol. The number of para-hydroxylation sites is 1. The van der Waals surface area contributed by atoms with E-state index in [9.17, 15) is 4.79 Å². The summed E-state index contributed by atoms with van der Waals surface area (Å²) >= 11 is 0. The van der Waals surface area contributed by atoms with Crippen LogP contribution in [0, 0.1) is 5.92 Å². The van der Waals surface area contributed by atoms with Crippen molar-refractivity contribution in [2.45, 2.75) is 32.8 Å². The normalized spacial score (nSPS) is 15.1. The van der Waals surface area contributed by atoms with Gasteiger partial charge in [0.2, 0.25) is 11.8 Å². The average molecular weight is 298 g/mol. The van der Waals surface area contributed by atoms with Crippen molar-refractivity contribution >= 4 is 16.8 Å². The Bertz CT molecular complexity index is 661. The molecule has 0 bridgehead atoms. The average Bonchev–Trinajstić information content (AvgIpc) is 2.51. The fourth-order valence-electron chi connectivity index (χ4n) is 2.87. The first kappa shape index (κ1) is 14.8. The molecule has 22 heavy (non-hydrogen) atoms. The van der Waals surface area contributed by atoms with Crippen LogP contribution in [-0.2, 0) is 4.79 Å². The maximum absolute atomic E-state index is 12.2. The van der Waals surface area contributed by atoms with E-state index in [0.717, 1.165) is 23.7 Å². The number of rotatable bonds is 5. The molecule has 2 heterocycles. The number of amides is 1. The molecule has 1 aromatic carbocycles. The van der Waals surface area contributed by atoms with Gasteiger partial charge in [0.25, 0.3) is 0 Å². The van der Waals surface area contributed by atoms with Crippen molar-refractivity contribution in [1.82, 2.24) is 9.88 Å². The molecule has 0 radical (unpaired) electrons. The highest BCUT2D eigenvalue weighted by Gasteiger charge is 2.34. The number of hydrogen-bond acceptors (Lipinski definition) is 3. The summed E-state index contributed by atoms with van der Waals surface area (Å²) in [4.78, 5) is 18.6. The summed E-state index contributed by atoms with van der Waals surface area (Å²) in [6, 6.07) is 11.9. The molecule has 0 atom stereocenters. The largest absolute Gasteiger partial charge is 0.471 e. The van der Waals surface area contributed by atoms with Crippen LogP contribution >= 0.6 is 0 Å². The van der Waals surface area contributed by atoms with E-state index in [1.807, 2.05) is 41.3 Å². The number of pyridine rings is 1. The third-order valence-corrected chi connectivity index (χ3v) is 4.35. The molecule has 0 unspecified atom stereocenters. The first-order chi connectivity index (χ1) is 10.7. The number of carbonyl (C=O) groups excluding carboxylic acids is 1. The SMILES string of the molecule is CCC(CC)C(=O)N1CC(Oc2ccc3ccccc3n2)C1. The number of carbonyl (C=O) groups is 1. The highest BCUT2D eigenvalue weighted by molar-refractivity contribution is 5.80. The molecule has 1 fully saturated rings. The van der Waals surface area contributed by atoms with E-state index in [2.05, 4.69) is 18.8 Å². The van der Waals surface area contributed by atoms with Gasteiger partial charge in [-0.3, -0.25) is 4.79 Å². The van der Waals surface area contributed by atoms with Gasteiger partial charge < -0.3 is 9.64 Å². The second-order valence-corrected chi connectivity index (χ2v) is 5.84. The van der Waals surface area contributed by atoms with Gasteiger partial charge in [0, 0.05) is 17.4 Å². The molecule has 0 aliphatic carbocycles. The highest BCUT2D eigenvalue weighted by atomic mass is 16.5. The predicted octanol–water partition coefficient (Wildman–Crippen LogP) is 3.26. The Hall–Kier alpha value is -2.10. The number of fused-ring (bicyclic) bond motifs is 1. The lowest BCUT2D eigenvalue weighted by Gasteiger charge is -2.40. The molecule has 4 heteroatoms. The minimum Gasteiger partial charge on any atom is -0.471 e. The third-order valence-electron chi connectivity index (χ3n) is 4.35. The summed E-state index contributed by atoms with van der Waals surface area (Å²) in [5, 5.41) is 1.11. The standard InChI is InChI=1S/C18H22N2O2/c1-3-13(4-2)18(21)20-11-15(12-20)22-17-10-9-14-7-5-6-8-16(14)19-17/h5-10,13,15H,3-4,11-12H2,1-2H3. The quantitative estimate of drug-likeness (QED) is 0.851. The second-order valence-electron chi connectivity index (χ2n) is 5.84. The first-order valence-electron chi connectivity index (χ1n) is 8.02. The molecule has 0 saturated carbocycles. The van der Waals surface area contributed by atoms with E-state index < -0.39 is 0 Å². The van der Waals surface area contributed by atoms with Crippen LogP contribution < -0.4 is 4.74 Å². The van der Waals surface area contributed by atoms with Crippen molar-refractivity contribution in [3.63, 3.8) is 0 Å². The number of benzene rings is 1. The van der Waals surface area contributed by atoms with Gasteiger partial charge in [0.15, 0.2) is 0 Å². The minimum absolute atomic E-state index is 0.0620. The van der Waals surface area contributed by atoms with Gasteiger partial charge in [-0.1, -0.05) is 32.0 Å². The lowest BCUT2D eigenvalue weighted by Crippen LogP contribution is -2.57. The lowest BCUT2D eigenvalue weighted by atomic mass is 9.99. The number of likely N-dealkylation sites (tertiary alicyclic amines) is 1. The van der Waals surface area contributed by atoms with Crippen LogP contribution in [0.5, 0.6) is 5.88 Å². The number of aromatic nitrogens is 1. The van der Waals surface area contributed by atoms with Gasteiger partial charge in [-0.2, -0.15) is 0 Å². The van der Waals surface area contributed by atoms with Gasteiger partial charge in [-0.25, -0.2) is 4.98 Å². The van der Waals surface area contributed by atoms with Gasteiger partial charge in [0.1, 0.15) is 6.10 Å². The maximum Gasteiger partial charge on any atom is 0.225 e. The van der Waals surface area contributed by atoms with Crippen LogP contribution in [-0.4, -0.2) is 35.0 Å². The Labute approximate surface area is 131 Å². The lowest BCUT2D eigenvalue weighted by molar-refractivity contribution is -0.144. The first-order valence-corrected chi connectivity index (χ1v) is 8.02. The minimum atomic E-state index is 0.0620. The van der Waals surface area contributed by atoms with Crippen LogP contribution in [0.3, 0.4) is 0 Å². The van der Waals surface area contributed by atoms with Crippen LogP contribution in [0.2, 0.25) is 0 Å². The zero-order chi connectivity index (χ0) is 15.5. The Morgan fingerprint density at radius 2 is 1.95 bits per heavy atom. The van der Waals surface area contributed by atoms with E-state index in [-0.39, 0.29) is 17.9 Å². The molecule has 116 valence electrons. The van der Waals surface area contributed by atoms with Crippen molar-refractivity contribution in [3.8, 4) is 5.88 Å². The molecule has 4 nitrogen and oxygen atoms in total. The molecule has 3 rings (SSSR count). The van der Waals surface area contributed by atoms with Crippen molar-refractivity contribution in [2.24, 2.45) is 5.92 Å². The van der Waals surface area contributed by atoms with Crippen molar-refractivity contribution < 1.29 is 9.53 Å². The predicted molar refractivity (Wildman–Crippen MR) is 86.8 cm³/mol. The Kier molecular flexibility index (Phi) is 4.27. The molecule has 0 N–H and O–H groups in total. The summed E-state index contributed by atoms with van der Waals surface area (Å²) in [6.07, 6.45) is 1.87. The summed E-state index contributed by atoms with van der Waals surface area (Å²) in [6.45, 7) is 5.48. The van der Waals surface area contributed by atoms with E-state index >= 15 is 0 Å². The van der Waals surface area contributed by atoms with Gasteiger partial charge in [-0.05, 0) is 25.0 Å². The molecular formula is C18H22N2O2. The zero-order valence-electron chi connectivity index (χ0n) is 13.2. The Balaban J connectivity index is 1.58. The monoisotopic (exact) mass is 298 g/mol. The fourth-order valence-corrected chi connectivity index (χ4v) is 2.87. The zero-order valence-corrected chi connectivity index (χ0v) is 13.2. The Morgan fingerprint density at radius 1 is 1.23 bits per heavy atom. The van der Waals surface area contributed by atoms with Crippen LogP contribution in [0.15, 0.2) is 36.4 Å². The number of nitrogens with zero attached hydrogens (tertiary/aromatic N) is 2. The van der Waals surface area contributed by atoms with E-state index in [1.165, 1.54) is 0 Å². The van der Waals surface area contributed by atoms with E-state index in [1.54, 1.807) is 0 Å². The molecule has 1 aromatic heterocycles. The van der Waals surface area contributed by atoms with E-state index in [0.29, 0.717) is 19.0 Å². The van der Waals surface area contributed by atoms with Gasteiger partial charge in [-0.15, -0.1) is 0 Å². The topological polar surface area (TPSA) is 42.4 Å². The van der Waals surface area contributed by atoms with Crippen molar-refractivity contribution in [3.05, 3.63) is 36.4 Å².